The highest BCUT2D eigenvalue weighted by atomic mass is 16.3. The lowest BCUT2D eigenvalue weighted by Crippen LogP contribution is -2.57. The predicted octanol–water partition coefficient (Wildman–Crippen LogP) is 2.22. The van der Waals surface area contributed by atoms with Crippen LogP contribution in [-0.2, 0) is 13.1 Å². The molecule has 1 fully saturated rings. The molecule has 1 aliphatic rings. The van der Waals surface area contributed by atoms with Gasteiger partial charge in [-0.15, -0.1) is 0 Å². The van der Waals surface area contributed by atoms with E-state index in [4.69, 9.17) is 4.42 Å². The minimum absolute atomic E-state index is 0.252. The molecule has 0 bridgehead atoms. The van der Waals surface area contributed by atoms with Crippen LogP contribution in [0, 0.1) is 6.92 Å². The molecule has 1 aliphatic heterocycles. The zero-order valence-corrected chi connectivity index (χ0v) is 13.6. The van der Waals surface area contributed by atoms with E-state index in [1.165, 1.54) is 5.56 Å². The minimum Gasteiger partial charge on any atom is -0.465 e. The van der Waals surface area contributed by atoms with E-state index in [9.17, 15) is 0 Å². The van der Waals surface area contributed by atoms with Crippen molar-refractivity contribution < 1.29 is 4.42 Å². The summed E-state index contributed by atoms with van der Waals surface area (Å²) < 4.78 is 5.83. The molecule has 1 saturated heterocycles. The number of furan rings is 1. The van der Waals surface area contributed by atoms with Gasteiger partial charge in [0, 0.05) is 37.3 Å². The van der Waals surface area contributed by atoms with Crippen LogP contribution >= 0.6 is 0 Å². The van der Waals surface area contributed by atoms with Gasteiger partial charge in [-0.05, 0) is 40.4 Å². The minimum atomic E-state index is 0.252. The summed E-state index contributed by atoms with van der Waals surface area (Å²) in [7, 11) is 2.22. The first-order chi connectivity index (χ1) is 9.42. The molecule has 4 nitrogen and oxygen atoms in total. The Balaban J connectivity index is 1.98. The topological polar surface area (TPSA) is 31.6 Å². The Morgan fingerprint density at radius 2 is 2.10 bits per heavy atom. The largest absolute Gasteiger partial charge is 0.465 e. The van der Waals surface area contributed by atoms with Crippen LogP contribution in [0.25, 0.3) is 0 Å². The number of hydrogen-bond acceptors (Lipinski definition) is 4. The van der Waals surface area contributed by atoms with Crippen molar-refractivity contribution in [3.8, 4) is 0 Å². The van der Waals surface area contributed by atoms with Crippen LogP contribution in [0.5, 0.6) is 0 Å². The smallest absolute Gasteiger partial charge is 0.118 e. The van der Waals surface area contributed by atoms with Crippen LogP contribution in [-0.4, -0.2) is 48.6 Å². The molecule has 1 aromatic heterocycles. The van der Waals surface area contributed by atoms with Gasteiger partial charge in [0.25, 0.3) is 0 Å². The van der Waals surface area contributed by atoms with Gasteiger partial charge in [0.1, 0.15) is 11.5 Å². The fourth-order valence-corrected chi connectivity index (χ4v) is 2.80. The van der Waals surface area contributed by atoms with Gasteiger partial charge in [0.05, 0.1) is 6.54 Å². The van der Waals surface area contributed by atoms with Crippen LogP contribution in [0.15, 0.2) is 10.5 Å². The predicted molar refractivity (Wildman–Crippen MR) is 82.8 cm³/mol. The fraction of sp³-hybridized carbons (Fsp3) is 0.750. The second-order valence-corrected chi connectivity index (χ2v) is 6.52. The molecule has 4 heteroatoms. The van der Waals surface area contributed by atoms with Gasteiger partial charge < -0.3 is 9.73 Å². The normalized spacial score (nSPS) is 20.4. The summed E-state index contributed by atoms with van der Waals surface area (Å²) in [5.74, 6) is 2.11. The number of piperazine rings is 1. The molecule has 0 spiro atoms. The molecule has 0 aromatic carbocycles. The summed E-state index contributed by atoms with van der Waals surface area (Å²) in [5.41, 5.74) is 1.58. The third-order valence-corrected chi connectivity index (χ3v) is 4.41. The molecular formula is C16H29N3O. The summed E-state index contributed by atoms with van der Waals surface area (Å²) in [4.78, 5) is 4.98. The molecule has 20 heavy (non-hydrogen) atoms. The highest BCUT2D eigenvalue weighted by Crippen LogP contribution is 2.22. The van der Waals surface area contributed by atoms with Gasteiger partial charge in [0.2, 0.25) is 0 Å². The van der Waals surface area contributed by atoms with Gasteiger partial charge >= 0.3 is 0 Å². The van der Waals surface area contributed by atoms with E-state index in [1.54, 1.807) is 0 Å². The van der Waals surface area contributed by atoms with Gasteiger partial charge in [-0.1, -0.05) is 6.92 Å². The SMILES string of the molecule is CCNCc1cc(CN2CCN(C)C(C)(C)C2)c(C)o1. The van der Waals surface area contributed by atoms with Crippen molar-refractivity contribution in [3.05, 3.63) is 23.2 Å². The van der Waals surface area contributed by atoms with Crippen molar-refractivity contribution in [2.45, 2.75) is 46.3 Å². The molecule has 0 radical (unpaired) electrons. The van der Waals surface area contributed by atoms with Gasteiger partial charge in [-0.2, -0.15) is 0 Å². The number of hydrogen-bond donors (Lipinski definition) is 1. The van der Waals surface area contributed by atoms with Crippen LogP contribution in [0.3, 0.4) is 0 Å². The van der Waals surface area contributed by atoms with E-state index in [2.05, 4.69) is 55.9 Å². The number of likely N-dealkylation sites (N-methyl/N-ethyl adjacent to an activating group) is 1. The summed E-state index contributed by atoms with van der Waals surface area (Å²) in [6.45, 7) is 15.0. The molecule has 0 aliphatic carbocycles. The van der Waals surface area contributed by atoms with Crippen molar-refractivity contribution in [3.63, 3.8) is 0 Å². The third-order valence-electron chi connectivity index (χ3n) is 4.41. The van der Waals surface area contributed by atoms with Crippen LogP contribution < -0.4 is 5.32 Å². The van der Waals surface area contributed by atoms with Crippen LogP contribution in [0.2, 0.25) is 0 Å². The Labute approximate surface area is 123 Å². The first-order valence-electron chi connectivity index (χ1n) is 7.65. The second kappa shape index (κ2) is 6.29. The summed E-state index contributed by atoms with van der Waals surface area (Å²) in [6, 6.07) is 2.21. The molecule has 114 valence electrons. The van der Waals surface area contributed by atoms with Crippen LogP contribution in [0.4, 0.5) is 0 Å². The van der Waals surface area contributed by atoms with E-state index in [1.807, 2.05) is 0 Å². The van der Waals surface area contributed by atoms with E-state index >= 15 is 0 Å². The van der Waals surface area contributed by atoms with Gasteiger partial charge in [-0.3, -0.25) is 9.80 Å². The maximum absolute atomic E-state index is 5.83. The van der Waals surface area contributed by atoms with Gasteiger partial charge in [-0.25, -0.2) is 0 Å². The Morgan fingerprint density at radius 3 is 2.75 bits per heavy atom. The molecule has 2 rings (SSSR count). The van der Waals surface area contributed by atoms with Crippen molar-refractivity contribution in [1.82, 2.24) is 15.1 Å². The maximum atomic E-state index is 5.83. The molecular weight excluding hydrogens is 250 g/mol. The van der Waals surface area contributed by atoms with E-state index in [0.29, 0.717) is 0 Å². The first kappa shape index (κ1) is 15.5. The first-order valence-corrected chi connectivity index (χ1v) is 7.65. The molecule has 0 amide bonds. The maximum Gasteiger partial charge on any atom is 0.118 e. The third kappa shape index (κ3) is 3.62. The zero-order valence-electron chi connectivity index (χ0n) is 13.6. The number of nitrogens with zero attached hydrogens (tertiary/aromatic N) is 2. The lowest BCUT2D eigenvalue weighted by atomic mass is 9.99. The molecule has 0 saturated carbocycles. The lowest BCUT2D eigenvalue weighted by molar-refractivity contribution is 0.0358. The fourth-order valence-electron chi connectivity index (χ4n) is 2.80. The zero-order chi connectivity index (χ0) is 14.8. The molecule has 1 N–H and O–H groups in total. The van der Waals surface area contributed by atoms with Crippen molar-refractivity contribution in [1.29, 1.82) is 0 Å². The highest BCUT2D eigenvalue weighted by molar-refractivity contribution is 5.21. The van der Waals surface area contributed by atoms with E-state index in [0.717, 1.165) is 50.8 Å². The molecule has 2 heterocycles. The summed E-state index contributed by atoms with van der Waals surface area (Å²) in [5, 5.41) is 3.31. The highest BCUT2D eigenvalue weighted by Gasteiger charge is 2.31. The standard InChI is InChI=1S/C16H29N3O/c1-6-17-10-15-9-14(13(2)20-15)11-19-8-7-18(5)16(3,4)12-19/h9,17H,6-8,10-12H2,1-5H3. The average molecular weight is 279 g/mol. The van der Waals surface area contributed by atoms with E-state index < -0.39 is 0 Å². The number of rotatable bonds is 5. The quantitative estimate of drug-likeness (QED) is 0.895. The Hall–Kier alpha value is -0.840. The van der Waals surface area contributed by atoms with Gasteiger partial charge in [0.15, 0.2) is 0 Å². The molecule has 1 aromatic rings. The Morgan fingerprint density at radius 1 is 1.35 bits per heavy atom. The van der Waals surface area contributed by atoms with Crippen LogP contribution in [0.1, 0.15) is 37.9 Å². The van der Waals surface area contributed by atoms with Crippen molar-refractivity contribution >= 4 is 0 Å². The second-order valence-electron chi connectivity index (χ2n) is 6.52. The van der Waals surface area contributed by atoms with E-state index in [-0.39, 0.29) is 5.54 Å². The summed E-state index contributed by atoms with van der Waals surface area (Å²) in [6.07, 6.45) is 0. The number of nitrogens with one attached hydrogen (secondary N) is 1. The average Bonchev–Trinajstić information content (AvgIpc) is 2.72. The van der Waals surface area contributed by atoms with Crippen molar-refractivity contribution in [2.24, 2.45) is 0 Å². The Kier molecular flexibility index (Phi) is 4.89. The molecule has 0 atom stereocenters. The number of aryl methyl sites for hydroxylation is 1. The Bertz CT molecular complexity index is 439. The monoisotopic (exact) mass is 279 g/mol. The molecule has 0 unspecified atom stereocenters. The van der Waals surface area contributed by atoms with Crippen molar-refractivity contribution in [2.75, 3.05) is 33.2 Å². The summed E-state index contributed by atoms with van der Waals surface area (Å²) >= 11 is 0. The lowest BCUT2D eigenvalue weighted by Gasteiger charge is -2.45.